The van der Waals surface area contributed by atoms with E-state index in [0.29, 0.717) is 5.82 Å². The summed E-state index contributed by atoms with van der Waals surface area (Å²) in [5.74, 6) is -0.121. The largest absolute Gasteiger partial charge is 0.375 e. The van der Waals surface area contributed by atoms with Crippen molar-refractivity contribution in [2.75, 3.05) is 0 Å². The number of hydrogen-bond acceptors (Lipinski definition) is 6. The fraction of sp³-hybridized carbons (Fsp3) is 0.667. The van der Waals surface area contributed by atoms with E-state index in [1.165, 1.54) is 0 Å². The minimum atomic E-state index is -0.431. The minimum absolute atomic E-state index is 0.0855. The number of rotatable bonds is 2. The summed E-state index contributed by atoms with van der Waals surface area (Å²) < 4.78 is 9.61. The maximum Gasteiger partial charge on any atom is 0.300 e. The number of aromatic nitrogens is 2. The van der Waals surface area contributed by atoms with Gasteiger partial charge in [0, 0.05) is 5.92 Å². The van der Waals surface area contributed by atoms with E-state index in [1.54, 1.807) is 6.92 Å². The molecular weight excluding hydrogens is 280 g/mol. The SMILES string of the molecule is Cc1nsc(C(=O)NNC(=O)C2C[C@H]3CC[C@@H](C2)O3)n1. The number of aryl methyl sites for hydroxylation is 1. The average Bonchev–Trinajstić information content (AvgIpc) is 3.01. The van der Waals surface area contributed by atoms with Gasteiger partial charge in [0.1, 0.15) is 5.82 Å². The highest BCUT2D eigenvalue weighted by molar-refractivity contribution is 7.07. The van der Waals surface area contributed by atoms with E-state index in [1.807, 2.05) is 0 Å². The molecule has 0 aromatic carbocycles. The van der Waals surface area contributed by atoms with E-state index in [-0.39, 0.29) is 29.0 Å². The molecule has 1 aromatic rings. The molecular formula is C12H16N4O3S. The number of fused-ring (bicyclic) bond motifs is 2. The summed E-state index contributed by atoms with van der Waals surface area (Å²) in [7, 11) is 0. The van der Waals surface area contributed by atoms with Crippen molar-refractivity contribution in [3.63, 3.8) is 0 Å². The Bertz CT molecular complexity index is 521. The number of nitrogens with zero attached hydrogens (tertiary/aromatic N) is 2. The lowest BCUT2D eigenvalue weighted by molar-refractivity contribution is -0.131. The summed E-state index contributed by atoms with van der Waals surface area (Å²) in [6, 6.07) is 0. The third-order valence-electron chi connectivity index (χ3n) is 3.68. The zero-order valence-corrected chi connectivity index (χ0v) is 11.9. The summed E-state index contributed by atoms with van der Waals surface area (Å²) in [5, 5.41) is 0.245. The van der Waals surface area contributed by atoms with Gasteiger partial charge in [0.2, 0.25) is 10.9 Å². The Labute approximate surface area is 120 Å². The van der Waals surface area contributed by atoms with Crippen LogP contribution >= 0.6 is 11.5 Å². The first-order valence-corrected chi connectivity index (χ1v) is 7.45. The summed E-state index contributed by atoms with van der Waals surface area (Å²) in [4.78, 5) is 27.7. The first-order chi connectivity index (χ1) is 9.61. The molecule has 2 saturated heterocycles. The normalized spacial score (nSPS) is 28.1. The van der Waals surface area contributed by atoms with Crippen molar-refractivity contribution in [2.24, 2.45) is 5.92 Å². The van der Waals surface area contributed by atoms with Crippen LogP contribution in [0.25, 0.3) is 0 Å². The third-order valence-corrected chi connectivity index (χ3v) is 4.49. The second kappa shape index (κ2) is 5.45. The molecule has 3 rings (SSSR count). The quantitative estimate of drug-likeness (QED) is 0.778. The van der Waals surface area contributed by atoms with Crippen LogP contribution in [0.5, 0.6) is 0 Å². The van der Waals surface area contributed by atoms with Crippen LogP contribution in [0.1, 0.15) is 41.3 Å². The molecule has 3 heterocycles. The molecule has 0 spiro atoms. The number of hydrazine groups is 1. The second-order valence-corrected chi connectivity index (χ2v) is 5.97. The van der Waals surface area contributed by atoms with Crippen LogP contribution in [-0.4, -0.2) is 33.4 Å². The van der Waals surface area contributed by atoms with E-state index in [0.717, 1.165) is 37.2 Å². The summed E-state index contributed by atoms with van der Waals surface area (Å²) in [6.07, 6.45) is 3.93. The standard InChI is InChI=1S/C12H16N4O3S/c1-6-13-12(20-16-6)11(18)15-14-10(17)7-4-8-2-3-9(5-7)19-8/h7-9H,2-5H2,1H3,(H,14,17)(H,15,18)/t7?,8-,9+. The molecule has 20 heavy (non-hydrogen) atoms. The first-order valence-electron chi connectivity index (χ1n) is 6.68. The molecule has 2 fully saturated rings. The topological polar surface area (TPSA) is 93.2 Å². The Balaban J connectivity index is 1.51. The van der Waals surface area contributed by atoms with E-state index in [2.05, 4.69) is 20.2 Å². The van der Waals surface area contributed by atoms with Gasteiger partial charge in [-0.1, -0.05) is 0 Å². The Morgan fingerprint density at radius 3 is 2.55 bits per heavy atom. The Morgan fingerprint density at radius 2 is 1.95 bits per heavy atom. The van der Waals surface area contributed by atoms with Crippen LogP contribution in [0.15, 0.2) is 0 Å². The van der Waals surface area contributed by atoms with Crippen LogP contribution in [0.2, 0.25) is 0 Å². The number of nitrogens with one attached hydrogen (secondary N) is 2. The maximum absolute atomic E-state index is 12.0. The molecule has 108 valence electrons. The van der Waals surface area contributed by atoms with Crippen molar-refractivity contribution in [2.45, 2.75) is 44.8 Å². The van der Waals surface area contributed by atoms with Gasteiger partial charge in [-0.05, 0) is 44.1 Å². The molecule has 7 nitrogen and oxygen atoms in total. The fourth-order valence-corrected chi connectivity index (χ4v) is 3.30. The molecule has 1 unspecified atom stereocenters. The summed E-state index contributed by atoms with van der Waals surface area (Å²) in [6.45, 7) is 1.71. The van der Waals surface area contributed by atoms with Gasteiger partial charge in [0.15, 0.2) is 0 Å². The highest BCUT2D eigenvalue weighted by Crippen LogP contribution is 2.35. The maximum atomic E-state index is 12.0. The van der Waals surface area contributed by atoms with E-state index in [9.17, 15) is 9.59 Å². The Hall–Kier alpha value is -1.54. The van der Waals surface area contributed by atoms with Crippen molar-refractivity contribution in [1.82, 2.24) is 20.2 Å². The molecule has 2 bridgehead atoms. The molecule has 2 N–H and O–H groups in total. The monoisotopic (exact) mass is 296 g/mol. The summed E-state index contributed by atoms with van der Waals surface area (Å²) in [5.41, 5.74) is 4.86. The molecule has 8 heteroatoms. The van der Waals surface area contributed by atoms with Crippen molar-refractivity contribution >= 4 is 23.3 Å². The predicted octanol–water partition coefficient (Wildman–Crippen LogP) is 0.565. The fourth-order valence-electron chi connectivity index (χ4n) is 2.74. The summed E-state index contributed by atoms with van der Waals surface area (Å²) >= 11 is 1.01. The van der Waals surface area contributed by atoms with Crippen molar-refractivity contribution in [3.05, 3.63) is 10.8 Å². The number of carbonyl (C=O) groups excluding carboxylic acids is 2. The van der Waals surface area contributed by atoms with Gasteiger partial charge >= 0.3 is 0 Å². The second-order valence-electron chi connectivity index (χ2n) is 5.22. The number of ether oxygens (including phenoxy) is 1. The highest BCUT2D eigenvalue weighted by Gasteiger charge is 2.38. The number of hydrogen-bond donors (Lipinski definition) is 2. The molecule has 2 aliphatic rings. The van der Waals surface area contributed by atoms with Gasteiger partial charge in [0.25, 0.3) is 5.91 Å². The lowest BCUT2D eigenvalue weighted by atomic mass is 9.95. The lowest BCUT2D eigenvalue weighted by Gasteiger charge is -2.27. The van der Waals surface area contributed by atoms with E-state index < -0.39 is 5.91 Å². The molecule has 2 aliphatic heterocycles. The van der Waals surface area contributed by atoms with Gasteiger partial charge in [-0.2, -0.15) is 4.37 Å². The third kappa shape index (κ3) is 2.80. The molecule has 3 atom stereocenters. The van der Waals surface area contributed by atoms with Crippen LogP contribution < -0.4 is 10.9 Å². The molecule has 1 aromatic heterocycles. The molecule has 0 radical (unpaired) electrons. The van der Waals surface area contributed by atoms with Crippen molar-refractivity contribution < 1.29 is 14.3 Å². The van der Waals surface area contributed by atoms with Crippen LogP contribution in [-0.2, 0) is 9.53 Å². The number of carbonyl (C=O) groups is 2. The van der Waals surface area contributed by atoms with Crippen molar-refractivity contribution in [1.29, 1.82) is 0 Å². The smallest absolute Gasteiger partial charge is 0.300 e. The zero-order valence-electron chi connectivity index (χ0n) is 11.1. The average molecular weight is 296 g/mol. The van der Waals surface area contributed by atoms with E-state index >= 15 is 0 Å². The van der Waals surface area contributed by atoms with Gasteiger partial charge in [0.05, 0.1) is 12.2 Å². The van der Waals surface area contributed by atoms with Gasteiger partial charge < -0.3 is 4.74 Å². The van der Waals surface area contributed by atoms with Crippen molar-refractivity contribution in [3.8, 4) is 0 Å². The predicted molar refractivity (Wildman–Crippen MR) is 70.9 cm³/mol. The Morgan fingerprint density at radius 1 is 1.25 bits per heavy atom. The van der Waals surface area contributed by atoms with Crippen LogP contribution in [0.3, 0.4) is 0 Å². The van der Waals surface area contributed by atoms with E-state index in [4.69, 9.17) is 4.74 Å². The molecule has 2 amide bonds. The van der Waals surface area contributed by atoms with Crippen LogP contribution in [0, 0.1) is 12.8 Å². The molecule has 0 aliphatic carbocycles. The lowest BCUT2D eigenvalue weighted by Crippen LogP contribution is -2.46. The van der Waals surface area contributed by atoms with Gasteiger partial charge in [-0.25, -0.2) is 4.98 Å². The van der Waals surface area contributed by atoms with Crippen LogP contribution in [0.4, 0.5) is 0 Å². The van der Waals surface area contributed by atoms with Gasteiger partial charge in [-0.3, -0.25) is 20.4 Å². The first kappa shape index (κ1) is 13.4. The number of amides is 2. The molecule has 0 saturated carbocycles. The Kier molecular flexibility index (Phi) is 3.66. The minimum Gasteiger partial charge on any atom is -0.375 e. The van der Waals surface area contributed by atoms with Gasteiger partial charge in [-0.15, -0.1) is 0 Å². The highest BCUT2D eigenvalue weighted by atomic mass is 32.1. The zero-order chi connectivity index (χ0) is 14.1.